The highest BCUT2D eigenvalue weighted by atomic mass is 32.2. The third-order valence-corrected chi connectivity index (χ3v) is 7.15. The first-order valence-electron chi connectivity index (χ1n) is 11.1. The van der Waals surface area contributed by atoms with Crippen molar-refractivity contribution in [1.82, 2.24) is 20.4 Å². The first kappa shape index (κ1) is 24.3. The summed E-state index contributed by atoms with van der Waals surface area (Å²) in [6, 6.07) is 11.3. The van der Waals surface area contributed by atoms with Crippen LogP contribution in [0.2, 0.25) is 0 Å². The van der Waals surface area contributed by atoms with Crippen LogP contribution in [0.4, 0.5) is 29.0 Å². The van der Waals surface area contributed by atoms with Gasteiger partial charge in [-0.25, -0.2) is 28.8 Å². The summed E-state index contributed by atoms with van der Waals surface area (Å²) in [7, 11) is -2.94. The molecule has 0 bridgehead atoms. The third kappa shape index (κ3) is 5.81. The van der Waals surface area contributed by atoms with Crippen LogP contribution in [-0.2, 0) is 9.84 Å². The highest BCUT2D eigenvalue weighted by Crippen LogP contribution is 2.28. The summed E-state index contributed by atoms with van der Waals surface area (Å²) in [5.74, 6) is 1.55. The van der Waals surface area contributed by atoms with Gasteiger partial charge in [0.05, 0.1) is 17.1 Å². The van der Waals surface area contributed by atoms with E-state index < -0.39 is 9.84 Å². The smallest absolute Gasteiger partial charge is 0.229 e. The van der Waals surface area contributed by atoms with E-state index >= 15 is 0 Å². The number of aldehydes is 1. The van der Waals surface area contributed by atoms with Crippen molar-refractivity contribution in [3.63, 3.8) is 0 Å². The van der Waals surface area contributed by atoms with Gasteiger partial charge in [0.1, 0.15) is 5.82 Å². The van der Waals surface area contributed by atoms with Crippen LogP contribution in [0.1, 0.15) is 15.9 Å². The lowest BCUT2D eigenvalue weighted by Gasteiger charge is -2.30. The summed E-state index contributed by atoms with van der Waals surface area (Å²) in [5, 5.41) is 4.82. The van der Waals surface area contributed by atoms with Gasteiger partial charge < -0.3 is 10.2 Å². The second kappa shape index (κ2) is 10.6. The summed E-state index contributed by atoms with van der Waals surface area (Å²) in [4.78, 5) is 27.1. The number of anilines is 5. The van der Waals surface area contributed by atoms with Gasteiger partial charge in [-0.3, -0.25) is 4.79 Å². The van der Waals surface area contributed by atoms with Crippen LogP contribution in [-0.4, -0.2) is 60.8 Å². The number of rotatable bonds is 9. The van der Waals surface area contributed by atoms with Crippen molar-refractivity contribution in [2.45, 2.75) is 6.92 Å². The number of sulfone groups is 1. The number of hydrogen-bond acceptors (Lipinski definition) is 10. The van der Waals surface area contributed by atoms with Crippen LogP contribution in [0.3, 0.4) is 0 Å². The van der Waals surface area contributed by atoms with E-state index in [0.29, 0.717) is 49.1 Å². The Hall–Kier alpha value is -3.83. The highest BCUT2D eigenvalue weighted by molar-refractivity contribution is 7.91. The molecule has 2 aromatic heterocycles. The number of aryl methyl sites for hydroxylation is 1. The van der Waals surface area contributed by atoms with Gasteiger partial charge in [-0.1, -0.05) is 12.1 Å². The van der Waals surface area contributed by atoms with Gasteiger partial charge in [0.15, 0.2) is 21.9 Å². The predicted molar refractivity (Wildman–Crippen MR) is 137 cm³/mol. The molecule has 1 aromatic carbocycles. The standard InChI is InChI=1S/C24H27N7O3S/c1-3-9-27-31(22-6-4-5-10-25-22)23-19(17-32)16-26-24(29-23)28-20-7-8-21(18(2)15-20)30-11-13-35(33,34)14-12-30/h3-8,10,15-17,27H,1,9,11-14H2,2H3,(H,26,28,29). The molecule has 0 atom stereocenters. The molecule has 1 aliphatic heterocycles. The van der Waals surface area contributed by atoms with E-state index in [4.69, 9.17) is 0 Å². The van der Waals surface area contributed by atoms with E-state index in [1.165, 1.54) is 6.20 Å². The normalized spacial score (nSPS) is 14.8. The molecule has 0 amide bonds. The van der Waals surface area contributed by atoms with E-state index in [9.17, 15) is 13.2 Å². The van der Waals surface area contributed by atoms with Crippen molar-refractivity contribution < 1.29 is 13.2 Å². The largest absolute Gasteiger partial charge is 0.369 e. The molecule has 0 aliphatic carbocycles. The lowest BCUT2D eigenvalue weighted by Crippen LogP contribution is -2.40. The van der Waals surface area contributed by atoms with Gasteiger partial charge >= 0.3 is 0 Å². The number of benzene rings is 1. The molecule has 1 saturated heterocycles. The lowest BCUT2D eigenvalue weighted by molar-refractivity contribution is 0.112. The number of carbonyl (C=O) groups is 1. The van der Waals surface area contributed by atoms with E-state index in [1.54, 1.807) is 29.4 Å². The Morgan fingerprint density at radius 2 is 1.97 bits per heavy atom. The van der Waals surface area contributed by atoms with Crippen molar-refractivity contribution >= 4 is 45.1 Å². The molecule has 3 aromatic rings. The molecule has 1 fully saturated rings. The molecule has 0 radical (unpaired) electrons. The second-order valence-electron chi connectivity index (χ2n) is 8.03. The van der Waals surface area contributed by atoms with E-state index in [2.05, 4.69) is 37.2 Å². The monoisotopic (exact) mass is 493 g/mol. The summed E-state index contributed by atoms with van der Waals surface area (Å²) >= 11 is 0. The first-order valence-corrected chi connectivity index (χ1v) is 12.9. The Kier molecular flexibility index (Phi) is 7.37. The predicted octanol–water partition coefficient (Wildman–Crippen LogP) is 2.80. The molecule has 3 heterocycles. The Labute approximate surface area is 204 Å². The molecule has 10 nitrogen and oxygen atoms in total. The number of carbonyl (C=O) groups excluding carboxylic acids is 1. The molecule has 4 rings (SSSR count). The number of nitrogens with zero attached hydrogens (tertiary/aromatic N) is 5. The van der Waals surface area contributed by atoms with Gasteiger partial charge in [0.25, 0.3) is 0 Å². The zero-order valence-electron chi connectivity index (χ0n) is 19.4. The van der Waals surface area contributed by atoms with Crippen molar-refractivity contribution in [2.24, 2.45) is 0 Å². The van der Waals surface area contributed by atoms with Crippen LogP contribution >= 0.6 is 0 Å². The lowest BCUT2D eigenvalue weighted by atomic mass is 10.1. The Balaban J connectivity index is 1.59. The molecular weight excluding hydrogens is 466 g/mol. The number of pyridine rings is 1. The molecule has 11 heteroatoms. The van der Waals surface area contributed by atoms with Crippen LogP contribution in [0.15, 0.2) is 61.4 Å². The summed E-state index contributed by atoms with van der Waals surface area (Å²) in [5.41, 5.74) is 6.22. The molecule has 0 saturated carbocycles. The number of hydrazine groups is 1. The number of nitrogens with one attached hydrogen (secondary N) is 2. The molecule has 2 N–H and O–H groups in total. The zero-order valence-corrected chi connectivity index (χ0v) is 20.2. The SMILES string of the molecule is C=CCNN(c1ccccn1)c1nc(Nc2ccc(N3CCS(=O)(=O)CC3)c(C)c2)ncc1C=O. The summed E-state index contributed by atoms with van der Waals surface area (Å²) < 4.78 is 23.5. The Morgan fingerprint density at radius 3 is 2.63 bits per heavy atom. The minimum absolute atomic E-state index is 0.165. The molecule has 0 spiro atoms. The van der Waals surface area contributed by atoms with Crippen molar-refractivity contribution in [3.8, 4) is 0 Å². The molecule has 182 valence electrons. The van der Waals surface area contributed by atoms with Crippen LogP contribution < -0.4 is 20.7 Å². The van der Waals surface area contributed by atoms with Gasteiger partial charge in [-0.2, -0.15) is 4.98 Å². The Bertz CT molecular complexity index is 1300. The average molecular weight is 494 g/mol. The van der Waals surface area contributed by atoms with E-state index in [1.807, 2.05) is 31.2 Å². The van der Waals surface area contributed by atoms with Gasteiger partial charge in [-0.05, 0) is 42.8 Å². The molecule has 1 aliphatic rings. The maximum atomic E-state index is 11.8. The maximum absolute atomic E-state index is 11.8. The second-order valence-corrected chi connectivity index (χ2v) is 10.3. The van der Waals surface area contributed by atoms with Gasteiger partial charge in [0, 0.05) is 43.4 Å². The fourth-order valence-electron chi connectivity index (χ4n) is 3.78. The fourth-order valence-corrected chi connectivity index (χ4v) is 4.98. The molecule has 0 unspecified atom stereocenters. The number of hydrogen-bond donors (Lipinski definition) is 2. The average Bonchev–Trinajstić information content (AvgIpc) is 2.86. The minimum atomic E-state index is -2.94. The van der Waals surface area contributed by atoms with Gasteiger partial charge in [0.2, 0.25) is 5.95 Å². The van der Waals surface area contributed by atoms with E-state index in [-0.39, 0.29) is 11.5 Å². The highest BCUT2D eigenvalue weighted by Gasteiger charge is 2.23. The van der Waals surface area contributed by atoms with Crippen LogP contribution in [0.25, 0.3) is 0 Å². The van der Waals surface area contributed by atoms with Crippen molar-refractivity contribution in [1.29, 1.82) is 0 Å². The fraction of sp³-hybridized carbons (Fsp3) is 0.250. The molecular formula is C24H27N7O3S. The molecule has 35 heavy (non-hydrogen) atoms. The van der Waals surface area contributed by atoms with Crippen molar-refractivity contribution in [3.05, 3.63) is 72.6 Å². The zero-order chi connectivity index (χ0) is 24.8. The van der Waals surface area contributed by atoms with Crippen molar-refractivity contribution in [2.75, 3.05) is 46.4 Å². The Morgan fingerprint density at radius 1 is 1.17 bits per heavy atom. The minimum Gasteiger partial charge on any atom is -0.369 e. The third-order valence-electron chi connectivity index (χ3n) is 5.54. The maximum Gasteiger partial charge on any atom is 0.229 e. The van der Waals surface area contributed by atoms with Crippen LogP contribution in [0, 0.1) is 6.92 Å². The summed E-state index contributed by atoms with van der Waals surface area (Å²) in [6.07, 6.45) is 5.50. The van der Waals surface area contributed by atoms with Gasteiger partial charge in [-0.15, -0.1) is 6.58 Å². The quantitative estimate of drug-likeness (QED) is 0.261. The summed E-state index contributed by atoms with van der Waals surface area (Å²) in [6.45, 7) is 7.11. The van der Waals surface area contributed by atoms with E-state index in [0.717, 1.165) is 16.9 Å². The first-order chi connectivity index (χ1) is 16.9. The van der Waals surface area contributed by atoms with Crippen LogP contribution in [0.5, 0.6) is 0 Å². The topological polar surface area (TPSA) is 120 Å². The number of aromatic nitrogens is 3.